The van der Waals surface area contributed by atoms with Crippen LogP contribution in [0.3, 0.4) is 0 Å². The standard InChI is InChI=1S/C19H25N3O2/c1-13-5-6-16(11-14(13)2)22-19(20)21-12-15(3)24-18-9-7-17(23-4)8-10-18/h5-11,15H,12H2,1-4H3,(H3,20,21,22). The van der Waals surface area contributed by atoms with Crippen LogP contribution in [0, 0.1) is 13.8 Å². The first-order chi connectivity index (χ1) is 11.5. The van der Waals surface area contributed by atoms with E-state index in [1.54, 1.807) is 7.11 Å². The SMILES string of the molecule is COc1ccc(OC(C)CN=C(N)Nc2ccc(C)c(C)c2)cc1. The Balaban J connectivity index is 1.87. The molecule has 0 fully saturated rings. The summed E-state index contributed by atoms with van der Waals surface area (Å²) in [5, 5.41) is 3.10. The van der Waals surface area contributed by atoms with Crippen LogP contribution in [-0.2, 0) is 0 Å². The van der Waals surface area contributed by atoms with E-state index in [-0.39, 0.29) is 6.10 Å². The fourth-order valence-electron chi connectivity index (χ4n) is 2.16. The highest BCUT2D eigenvalue weighted by atomic mass is 16.5. The number of guanidine groups is 1. The maximum absolute atomic E-state index is 5.94. The van der Waals surface area contributed by atoms with E-state index in [1.165, 1.54) is 11.1 Å². The number of nitrogens with one attached hydrogen (secondary N) is 1. The van der Waals surface area contributed by atoms with E-state index >= 15 is 0 Å². The number of rotatable bonds is 6. The van der Waals surface area contributed by atoms with Crippen LogP contribution in [-0.4, -0.2) is 25.7 Å². The largest absolute Gasteiger partial charge is 0.497 e. The van der Waals surface area contributed by atoms with E-state index in [0.717, 1.165) is 17.2 Å². The minimum absolute atomic E-state index is 0.0847. The summed E-state index contributed by atoms with van der Waals surface area (Å²) in [7, 11) is 1.64. The number of anilines is 1. The van der Waals surface area contributed by atoms with Gasteiger partial charge in [0, 0.05) is 5.69 Å². The summed E-state index contributed by atoms with van der Waals surface area (Å²) in [6.07, 6.45) is -0.0847. The van der Waals surface area contributed by atoms with Gasteiger partial charge in [-0.25, -0.2) is 4.99 Å². The van der Waals surface area contributed by atoms with Crippen molar-refractivity contribution >= 4 is 11.6 Å². The zero-order chi connectivity index (χ0) is 17.5. The zero-order valence-corrected chi connectivity index (χ0v) is 14.7. The summed E-state index contributed by atoms with van der Waals surface area (Å²) in [5.41, 5.74) is 9.33. The van der Waals surface area contributed by atoms with Crippen molar-refractivity contribution in [2.75, 3.05) is 19.0 Å². The predicted molar refractivity (Wildman–Crippen MR) is 99.1 cm³/mol. The molecule has 0 amide bonds. The van der Waals surface area contributed by atoms with Gasteiger partial charge in [-0.2, -0.15) is 0 Å². The fraction of sp³-hybridized carbons (Fsp3) is 0.316. The molecule has 0 spiro atoms. The Morgan fingerprint density at radius 3 is 2.38 bits per heavy atom. The summed E-state index contributed by atoms with van der Waals surface area (Å²) in [5.74, 6) is 1.96. The zero-order valence-electron chi connectivity index (χ0n) is 14.7. The van der Waals surface area contributed by atoms with Crippen molar-refractivity contribution < 1.29 is 9.47 Å². The first kappa shape index (κ1) is 17.7. The van der Waals surface area contributed by atoms with Crippen LogP contribution < -0.4 is 20.5 Å². The van der Waals surface area contributed by atoms with Crippen LogP contribution in [0.25, 0.3) is 0 Å². The van der Waals surface area contributed by atoms with Gasteiger partial charge in [0.25, 0.3) is 0 Å². The van der Waals surface area contributed by atoms with Gasteiger partial charge in [0.15, 0.2) is 5.96 Å². The number of hydrogen-bond donors (Lipinski definition) is 2. The molecule has 0 saturated heterocycles. The van der Waals surface area contributed by atoms with Crippen molar-refractivity contribution in [1.29, 1.82) is 0 Å². The van der Waals surface area contributed by atoms with Gasteiger partial charge in [-0.3, -0.25) is 0 Å². The maximum atomic E-state index is 5.94. The van der Waals surface area contributed by atoms with Crippen LogP contribution in [0.5, 0.6) is 11.5 Å². The van der Waals surface area contributed by atoms with Gasteiger partial charge in [0.05, 0.1) is 13.7 Å². The lowest BCUT2D eigenvalue weighted by atomic mass is 10.1. The Labute approximate surface area is 143 Å². The summed E-state index contributed by atoms with van der Waals surface area (Å²) < 4.78 is 10.9. The average Bonchev–Trinajstić information content (AvgIpc) is 2.57. The molecular weight excluding hydrogens is 302 g/mol. The molecule has 1 unspecified atom stereocenters. The van der Waals surface area contributed by atoms with Crippen molar-refractivity contribution in [3.8, 4) is 11.5 Å². The third kappa shape index (κ3) is 5.19. The highest BCUT2D eigenvalue weighted by Crippen LogP contribution is 2.18. The molecule has 0 aromatic heterocycles. The number of aryl methyl sites for hydroxylation is 2. The second-order valence-corrected chi connectivity index (χ2v) is 5.75. The molecule has 0 saturated carbocycles. The molecule has 1 atom stereocenters. The fourth-order valence-corrected chi connectivity index (χ4v) is 2.16. The molecule has 0 aliphatic heterocycles. The van der Waals surface area contributed by atoms with Gasteiger partial charge < -0.3 is 20.5 Å². The van der Waals surface area contributed by atoms with Crippen LogP contribution >= 0.6 is 0 Å². The van der Waals surface area contributed by atoms with E-state index in [1.807, 2.05) is 37.3 Å². The molecule has 3 N–H and O–H groups in total. The lowest BCUT2D eigenvalue weighted by molar-refractivity contribution is 0.230. The molecule has 0 radical (unpaired) electrons. The molecule has 5 nitrogen and oxygen atoms in total. The highest BCUT2D eigenvalue weighted by molar-refractivity contribution is 5.92. The van der Waals surface area contributed by atoms with E-state index in [4.69, 9.17) is 15.2 Å². The smallest absolute Gasteiger partial charge is 0.193 e. The van der Waals surface area contributed by atoms with Crippen molar-refractivity contribution in [3.63, 3.8) is 0 Å². The number of benzene rings is 2. The molecule has 2 aromatic rings. The van der Waals surface area contributed by atoms with Gasteiger partial charge in [0.2, 0.25) is 0 Å². The summed E-state index contributed by atoms with van der Waals surface area (Å²) in [6.45, 7) is 6.57. The Morgan fingerprint density at radius 1 is 1.08 bits per heavy atom. The lowest BCUT2D eigenvalue weighted by Gasteiger charge is -2.14. The molecule has 2 rings (SSSR count). The van der Waals surface area contributed by atoms with Crippen LogP contribution in [0.1, 0.15) is 18.1 Å². The van der Waals surface area contributed by atoms with Gasteiger partial charge in [-0.05, 0) is 68.3 Å². The summed E-state index contributed by atoms with van der Waals surface area (Å²) in [4.78, 5) is 4.33. The highest BCUT2D eigenvalue weighted by Gasteiger charge is 2.04. The average molecular weight is 327 g/mol. The van der Waals surface area contributed by atoms with E-state index < -0.39 is 0 Å². The molecule has 0 heterocycles. The molecular formula is C19H25N3O2. The molecule has 24 heavy (non-hydrogen) atoms. The number of ether oxygens (including phenoxy) is 2. The Morgan fingerprint density at radius 2 is 1.75 bits per heavy atom. The minimum Gasteiger partial charge on any atom is -0.497 e. The second kappa shape index (κ2) is 8.24. The number of aliphatic imine (C=N–C) groups is 1. The lowest BCUT2D eigenvalue weighted by Crippen LogP contribution is -2.25. The topological polar surface area (TPSA) is 68.9 Å². The third-order valence-electron chi connectivity index (χ3n) is 3.69. The minimum atomic E-state index is -0.0847. The van der Waals surface area contributed by atoms with E-state index in [9.17, 15) is 0 Å². The number of nitrogens with zero attached hydrogens (tertiary/aromatic N) is 1. The first-order valence-corrected chi connectivity index (χ1v) is 7.93. The van der Waals surface area contributed by atoms with Gasteiger partial charge in [-0.15, -0.1) is 0 Å². The van der Waals surface area contributed by atoms with Crippen molar-refractivity contribution in [2.45, 2.75) is 26.9 Å². The maximum Gasteiger partial charge on any atom is 0.193 e. The Bertz CT molecular complexity index is 696. The van der Waals surface area contributed by atoms with Gasteiger partial charge >= 0.3 is 0 Å². The van der Waals surface area contributed by atoms with Crippen LogP contribution in [0.4, 0.5) is 5.69 Å². The van der Waals surface area contributed by atoms with E-state index in [0.29, 0.717) is 12.5 Å². The first-order valence-electron chi connectivity index (χ1n) is 7.93. The van der Waals surface area contributed by atoms with Gasteiger partial charge in [0.1, 0.15) is 17.6 Å². The molecule has 0 bridgehead atoms. The number of nitrogens with two attached hydrogens (primary N) is 1. The monoisotopic (exact) mass is 327 g/mol. The molecule has 0 aliphatic rings. The van der Waals surface area contributed by atoms with Crippen LogP contribution in [0.2, 0.25) is 0 Å². The third-order valence-corrected chi connectivity index (χ3v) is 3.69. The normalized spacial score (nSPS) is 12.6. The quantitative estimate of drug-likeness (QED) is 0.629. The summed E-state index contributed by atoms with van der Waals surface area (Å²) >= 11 is 0. The summed E-state index contributed by atoms with van der Waals surface area (Å²) in [6, 6.07) is 13.6. The molecule has 0 aliphatic carbocycles. The molecule has 128 valence electrons. The number of methoxy groups -OCH3 is 1. The molecule has 2 aromatic carbocycles. The van der Waals surface area contributed by atoms with Crippen molar-refractivity contribution in [2.24, 2.45) is 10.7 Å². The Kier molecular flexibility index (Phi) is 6.07. The van der Waals surface area contributed by atoms with Crippen molar-refractivity contribution in [3.05, 3.63) is 53.6 Å². The molecule has 5 heteroatoms. The van der Waals surface area contributed by atoms with Crippen molar-refractivity contribution in [1.82, 2.24) is 0 Å². The van der Waals surface area contributed by atoms with E-state index in [2.05, 4.69) is 36.3 Å². The van der Waals surface area contributed by atoms with Gasteiger partial charge in [-0.1, -0.05) is 6.07 Å². The van der Waals surface area contributed by atoms with Crippen LogP contribution in [0.15, 0.2) is 47.5 Å². The second-order valence-electron chi connectivity index (χ2n) is 5.75. The number of hydrogen-bond acceptors (Lipinski definition) is 3. The Hall–Kier alpha value is -2.69. The predicted octanol–water partition coefficient (Wildman–Crippen LogP) is 3.51.